The fourth-order valence-electron chi connectivity index (χ4n) is 1.89. The van der Waals surface area contributed by atoms with E-state index in [0.717, 1.165) is 0 Å². The number of hydrogen-bond donors (Lipinski definition) is 3. The molecule has 3 rings (SSSR count). The zero-order valence-electron chi connectivity index (χ0n) is 9.18. The number of phenols is 2. The maximum Gasteiger partial charge on any atom is 0.151 e. The zero-order valence-corrected chi connectivity index (χ0v) is 9.18. The van der Waals surface area contributed by atoms with Crippen LogP contribution in [0.4, 0.5) is 4.39 Å². The molecule has 0 atom stereocenters. The fourth-order valence-corrected chi connectivity index (χ4v) is 1.89. The van der Waals surface area contributed by atoms with Crippen LogP contribution in [-0.4, -0.2) is 20.2 Å². The predicted octanol–water partition coefficient (Wildman–Crippen LogP) is 2.78. The largest absolute Gasteiger partial charge is 0.507 e. The molecule has 3 aromatic rings. The lowest BCUT2D eigenvalue weighted by atomic mass is 10.1. The summed E-state index contributed by atoms with van der Waals surface area (Å²) in [5.74, 6) is -0.459. The Hall–Kier alpha value is -2.56. The number of nitrogens with one attached hydrogen (secondary N) is 1. The Morgan fingerprint density at radius 1 is 1.00 bits per heavy atom. The first-order valence-electron chi connectivity index (χ1n) is 5.32. The van der Waals surface area contributed by atoms with Gasteiger partial charge in [0.2, 0.25) is 0 Å². The highest BCUT2D eigenvalue weighted by atomic mass is 19.1. The smallest absolute Gasteiger partial charge is 0.151 e. The third-order valence-corrected chi connectivity index (χ3v) is 2.72. The minimum atomic E-state index is -0.454. The Morgan fingerprint density at radius 2 is 1.67 bits per heavy atom. The molecule has 3 N–H and O–H groups in total. The monoisotopic (exact) mass is 244 g/mol. The first kappa shape index (κ1) is 10.6. The number of rotatable bonds is 1. The number of aromatic amines is 1. The number of aromatic nitrogens is 2. The Labute approximate surface area is 101 Å². The minimum Gasteiger partial charge on any atom is -0.507 e. The second-order valence-electron chi connectivity index (χ2n) is 3.89. The van der Waals surface area contributed by atoms with Gasteiger partial charge in [-0.2, -0.15) is 0 Å². The summed E-state index contributed by atoms with van der Waals surface area (Å²) in [5, 5.41) is 19.5. The maximum absolute atomic E-state index is 13.5. The SMILES string of the molecule is Oc1cccc(O)c1-c1nc2c(F)cccc2[nH]1. The molecule has 4 nitrogen and oxygen atoms in total. The molecule has 0 fully saturated rings. The van der Waals surface area contributed by atoms with E-state index in [9.17, 15) is 14.6 Å². The Balaban J connectivity index is 2.30. The van der Waals surface area contributed by atoms with E-state index < -0.39 is 5.82 Å². The first-order chi connectivity index (χ1) is 8.66. The highest BCUT2D eigenvalue weighted by molar-refractivity contribution is 5.82. The second kappa shape index (κ2) is 3.73. The van der Waals surface area contributed by atoms with E-state index in [0.29, 0.717) is 5.52 Å². The van der Waals surface area contributed by atoms with E-state index in [1.54, 1.807) is 12.1 Å². The Kier molecular flexibility index (Phi) is 2.19. The lowest BCUT2D eigenvalue weighted by Crippen LogP contribution is -1.82. The maximum atomic E-state index is 13.5. The molecule has 18 heavy (non-hydrogen) atoms. The number of phenolic OH excluding ortho intramolecular Hbond substituents is 2. The number of para-hydroxylation sites is 1. The van der Waals surface area contributed by atoms with Gasteiger partial charge in [-0.3, -0.25) is 0 Å². The molecule has 2 aromatic carbocycles. The van der Waals surface area contributed by atoms with Crippen LogP contribution in [0.1, 0.15) is 0 Å². The van der Waals surface area contributed by atoms with Gasteiger partial charge in [0.15, 0.2) is 5.82 Å². The molecule has 0 aliphatic carbocycles. The van der Waals surface area contributed by atoms with Gasteiger partial charge in [-0.15, -0.1) is 0 Å². The van der Waals surface area contributed by atoms with Gasteiger partial charge in [0.1, 0.15) is 28.4 Å². The van der Waals surface area contributed by atoms with E-state index >= 15 is 0 Å². The number of hydrogen-bond acceptors (Lipinski definition) is 3. The molecule has 0 amide bonds. The normalized spacial score (nSPS) is 10.9. The number of benzene rings is 2. The van der Waals surface area contributed by atoms with Crippen LogP contribution in [0, 0.1) is 5.82 Å². The highest BCUT2D eigenvalue weighted by Gasteiger charge is 2.15. The molecule has 1 aromatic heterocycles. The van der Waals surface area contributed by atoms with Crippen molar-refractivity contribution in [1.29, 1.82) is 0 Å². The number of halogens is 1. The van der Waals surface area contributed by atoms with Crippen LogP contribution in [0.2, 0.25) is 0 Å². The summed E-state index contributed by atoms with van der Waals surface area (Å²) >= 11 is 0. The van der Waals surface area contributed by atoms with Crippen molar-refractivity contribution in [3.63, 3.8) is 0 Å². The summed E-state index contributed by atoms with van der Waals surface area (Å²) in [6.07, 6.45) is 0. The van der Waals surface area contributed by atoms with Crippen molar-refractivity contribution in [1.82, 2.24) is 9.97 Å². The number of aromatic hydroxyl groups is 2. The molecule has 0 radical (unpaired) electrons. The van der Waals surface area contributed by atoms with Crippen LogP contribution in [0.5, 0.6) is 11.5 Å². The summed E-state index contributed by atoms with van der Waals surface area (Å²) in [4.78, 5) is 6.92. The molecular weight excluding hydrogens is 235 g/mol. The zero-order chi connectivity index (χ0) is 12.7. The van der Waals surface area contributed by atoms with Crippen molar-refractivity contribution in [2.24, 2.45) is 0 Å². The van der Waals surface area contributed by atoms with Crippen LogP contribution in [0.3, 0.4) is 0 Å². The Morgan fingerprint density at radius 3 is 2.33 bits per heavy atom. The van der Waals surface area contributed by atoms with E-state index in [2.05, 4.69) is 9.97 Å². The highest BCUT2D eigenvalue weighted by Crippen LogP contribution is 2.36. The quantitative estimate of drug-likeness (QED) is 0.616. The lowest BCUT2D eigenvalue weighted by molar-refractivity contribution is 0.453. The third kappa shape index (κ3) is 1.48. The lowest BCUT2D eigenvalue weighted by Gasteiger charge is -2.02. The molecule has 1 heterocycles. The van der Waals surface area contributed by atoms with Gasteiger partial charge in [-0.25, -0.2) is 9.37 Å². The molecule has 0 aliphatic heterocycles. The van der Waals surface area contributed by atoms with E-state index in [4.69, 9.17) is 0 Å². The second-order valence-corrected chi connectivity index (χ2v) is 3.89. The van der Waals surface area contributed by atoms with Crippen molar-refractivity contribution in [2.75, 3.05) is 0 Å². The number of imidazole rings is 1. The van der Waals surface area contributed by atoms with Crippen molar-refractivity contribution in [3.05, 3.63) is 42.2 Å². The average molecular weight is 244 g/mol. The molecular formula is C13H9FN2O2. The van der Waals surface area contributed by atoms with Gasteiger partial charge in [0.05, 0.1) is 5.52 Å². The van der Waals surface area contributed by atoms with E-state index in [1.807, 2.05) is 0 Å². The third-order valence-electron chi connectivity index (χ3n) is 2.72. The summed E-state index contributed by atoms with van der Waals surface area (Å²) in [5.41, 5.74) is 0.843. The molecule has 0 unspecified atom stereocenters. The molecule has 0 bridgehead atoms. The predicted molar refractivity (Wildman–Crippen MR) is 64.8 cm³/mol. The van der Waals surface area contributed by atoms with Crippen LogP contribution in [0.25, 0.3) is 22.4 Å². The molecule has 0 saturated carbocycles. The summed E-state index contributed by atoms with van der Waals surface area (Å²) in [6.45, 7) is 0. The van der Waals surface area contributed by atoms with E-state index in [1.165, 1.54) is 24.3 Å². The van der Waals surface area contributed by atoms with Gasteiger partial charge in [0, 0.05) is 0 Å². The standard InChI is InChI=1S/C13H9FN2O2/c14-7-3-1-4-8-12(7)16-13(15-8)11-9(17)5-2-6-10(11)18/h1-6,17-18H,(H,15,16). The number of fused-ring (bicyclic) bond motifs is 1. The molecule has 0 aliphatic rings. The fraction of sp³-hybridized carbons (Fsp3) is 0. The van der Waals surface area contributed by atoms with Crippen molar-refractivity contribution in [3.8, 4) is 22.9 Å². The Bertz CT molecular complexity index is 717. The molecule has 90 valence electrons. The van der Waals surface area contributed by atoms with Gasteiger partial charge >= 0.3 is 0 Å². The van der Waals surface area contributed by atoms with Crippen molar-refractivity contribution in [2.45, 2.75) is 0 Å². The number of nitrogens with zero attached hydrogens (tertiary/aromatic N) is 1. The molecule has 0 saturated heterocycles. The van der Waals surface area contributed by atoms with Crippen LogP contribution < -0.4 is 0 Å². The molecule has 0 spiro atoms. The van der Waals surface area contributed by atoms with Crippen molar-refractivity contribution >= 4 is 11.0 Å². The van der Waals surface area contributed by atoms with Crippen LogP contribution in [-0.2, 0) is 0 Å². The summed E-state index contributed by atoms with van der Waals surface area (Å²) in [6, 6.07) is 8.91. The molecule has 5 heteroatoms. The summed E-state index contributed by atoms with van der Waals surface area (Å²) < 4.78 is 13.5. The minimum absolute atomic E-state index is 0.116. The van der Waals surface area contributed by atoms with Gasteiger partial charge in [-0.1, -0.05) is 12.1 Å². The van der Waals surface area contributed by atoms with Gasteiger partial charge in [-0.05, 0) is 24.3 Å². The van der Waals surface area contributed by atoms with E-state index in [-0.39, 0.29) is 28.4 Å². The average Bonchev–Trinajstić information content (AvgIpc) is 2.74. The summed E-state index contributed by atoms with van der Waals surface area (Å²) in [7, 11) is 0. The van der Waals surface area contributed by atoms with Crippen molar-refractivity contribution < 1.29 is 14.6 Å². The van der Waals surface area contributed by atoms with Crippen LogP contribution >= 0.6 is 0 Å². The topological polar surface area (TPSA) is 69.1 Å². The van der Waals surface area contributed by atoms with Gasteiger partial charge in [0.25, 0.3) is 0 Å². The van der Waals surface area contributed by atoms with Gasteiger partial charge < -0.3 is 15.2 Å². The number of H-pyrrole nitrogens is 1. The van der Waals surface area contributed by atoms with Crippen LogP contribution in [0.15, 0.2) is 36.4 Å². The first-order valence-corrected chi connectivity index (χ1v) is 5.32.